The van der Waals surface area contributed by atoms with Crippen molar-refractivity contribution >= 4 is 21.4 Å². The van der Waals surface area contributed by atoms with Gasteiger partial charge in [-0.05, 0) is 32.4 Å². The van der Waals surface area contributed by atoms with Gasteiger partial charge in [0, 0.05) is 30.2 Å². The standard InChI is InChI=1S/C18H20N2O6S/c1-4-25-17-8-13-7-12(3)26-16(13)10-15(17)19-27(23,24)18-9-14(20(21)22)6-5-11(18)2/h5-6,8-10,12,19H,4,7H2,1-3H3/t12-/m1/s1. The van der Waals surface area contributed by atoms with E-state index in [9.17, 15) is 18.5 Å². The zero-order valence-corrected chi connectivity index (χ0v) is 16.0. The summed E-state index contributed by atoms with van der Waals surface area (Å²) in [5, 5.41) is 11.0. The molecule has 0 unspecified atom stereocenters. The van der Waals surface area contributed by atoms with Crippen LogP contribution in [0.25, 0.3) is 0 Å². The molecule has 0 radical (unpaired) electrons. The van der Waals surface area contributed by atoms with Gasteiger partial charge in [0.25, 0.3) is 15.7 Å². The van der Waals surface area contributed by atoms with E-state index in [0.29, 0.717) is 30.1 Å². The summed E-state index contributed by atoms with van der Waals surface area (Å²) in [4.78, 5) is 10.2. The fourth-order valence-corrected chi connectivity index (χ4v) is 4.31. The highest BCUT2D eigenvalue weighted by molar-refractivity contribution is 7.92. The Balaban J connectivity index is 2.03. The van der Waals surface area contributed by atoms with Crippen molar-refractivity contribution in [3.05, 3.63) is 51.6 Å². The van der Waals surface area contributed by atoms with Crippen molar-refractivity contribution in [3.63, 3.8) is 0 Å². The van der Waals surface area contributed by atoms with Gasteiger partial charge in [0.15, 0.2) is 0 Å². The summed E-state index contributed by atoms with van der Waals surface area (Å²) < 4.78 is 39.5. The van der Waals surface area contributed by atoms with Gasteiger partial charge in [-0.3, -0.25) is 14.8 Å². The SMILES string of the molecule is CCOc1cc2c(cc1NS(=O)(=O)c1cc([N+](=O)[O-])ccc1C)O[C@H](C)C2. The van der Waals surface area contributed by atoms with Crippen LogP contribution in [0.5, 0.6) is 11.5 Å². The number of ether oxygens (including phenoxy) is 2. The predicted molar refractivity (Wildman–Crippen MR) is 100 cm³/mol. The fourth-order valence-electron chi connectivity index (χ4n) is 2.99. The Kier molecular flexibility index (Phi) is 4.97. The van der Waals surface area contributed by atoms with Crippen molar-refractivity contribution in [2.75, 3.05) is 11.3 Å². The molecule has 1 heterocycles. The van der Waals surface area contributed by atoms with E-state index in [2.05, 4.69) is 4.72 Å². The minimum atomic E-state index is -4.06. The van der Waals surface area contributed by atoms with Gasteiger partial charge in [-0.25, -0.2) is 8.42 Å². The summed E-state index contributed by atoms with van der Waals surface area (Å²) in [7, 11) is -4.06. The largest absolute Gasteiger partial charge is 0.492 e. The first-order chi connectivity index (χ1) is 12.7. The van der Waals surface area contributed by atoms with Crippen molar-refractivity contribution < 1.29 is 22.8 Å². The molecule has 0 spiro atoms. The second-order valence-corrected chi connectivity index (χ2v) is 7.98. The summed E-state index contributed by atoms with van der Waals surface area (Å²) in [6, 6.07) is 7.08. The van der Waals surface area contributed by atoms with Crippen molar-refractivity contribution in [3.8, 4) is 11.5 Å². The Labute approximate surface area is 157 Å². The number of anilines is 1. The fraction of sp³-hybridized carbons (Fsp3) is 0.333. The zero-order chi connectivity index (χ0) is 19.8. The number of aryl methyl sites for hydroxylation is 1. The van der Waals surface area contributed by atoms with Crippen LogP contribution in [-0.2, 0) is 16.4 Å². The van der Waals surface area contributed by atoms with Crippen LogP contribution in [0.4, 0.5) is 11.4 Å². The topological polar surface area (TPSA) is 108 Å². The molecule has 27 heavy (non-hydrogen) atoms. The molecular formula is C18H20N2O6S. The van der Waals surface area contributed by atoms with Crippen molar-refractivity contribution in [2.45, 2.75) is 38.2 Å². The Morgan fingerprint density at radius 1 is 1.33 bits per heavy atom. The van der Waals surface area contributed by atoms with Gasteiger partial charge in [0.2, 0.25) is 0 Å². The monoisotopic (exact) mass is 392 g/mol. The number of rotatable bonds is 6. The van der Waals surface area contributed by atoms with Crippen LogP contribution in [-0.4, -0.2) is 26.1 Å². The predicted octanol–water partition coefficient (Wildman–Crippen LogP) is 3.43. The van der Waals surface area contributed by atoms with E-state index in [1.807, 2.05) is 6.92 Å². The number of fused-ring (bicyclic) bond motifs is 1. The molecule has 0 fully saturated rings. The maximum absolute atomic E-state index is 12.9. The number of nitro groups is 1. The lowest BCUT2D eigenvalue weighted by molar-refractivity contribution is -0.385. The molecular weight excluding hydrogens is 372 g/mol. The highest BCUT2D eigenvalue weighted by Crippen LogP contribution is 2.39. The van der Waals surface area contributed by atoms with E-state index in [0.717, 1.165) is 11.6 Å². The summed E-state index contributed by atoms with van der Waals surface area (Å²) in [5.74, 6) is 0.986. The van der Waals surface area contributed by atoms with Crippen molar-refractivity contribution in [1.82, 2.24) is 0 Å². The molecule has 144 valence electrons. The zero-order valence-electron chi connectivity index (χ0n) is 15.2. The highest BCUT2D eigenvalue weighted by Gasteiger charge is 2.26. The minimum absolute atomic E-state index is 0.000325. The van der Waals surface area contributed by atoms with E-state index in [4.69, 9.17) is 9.47 Å². The van der Waals surface area contributed by atoms with E-state index in [1.54, 1.807) is 26.0 Å². The highest BCUT2D eigenvalue weighted by atomic mass is 32.2. The van der Waals surface area contributed by atoms with Crippen LogP contribution in [0, 0.1) is 17.0 Å². The average Bonchev–Trinajstić information content (AvgIpc) is 2.94. The Bertz CT molecular complexity index is 1000. The molecule has 0 aromatic heterocycles. The van der Waals surface area contributed by atoms with E-state index < -0.39 is 14.9 Å². The number of non-ortho nitro benzene ring substituents is 1. The molecule has 1 aliphatic rings. The first-order valence-electron chi connectivity index (χ1n) is 8.45. The lowest BCUT2D eigenvalue weighted by Gasteiger charge is -2.15. The Morgan fingerprint density at radius 3 is 2.74 bits per heavy atom. The van der Waals surface area contributed by atoms with Crippen LogP contribution in [0.2, 0.25) is 0 Å². The number of nitrogens with one attached hydrogen (secondary N) is 1. The minimum Gasteiger partial charge on any atom is -0.492 e. The Morgan fingerprint density at radius 2 is 2.07 bits per heavy atom. The maximum atomic E-state index is 12.9. The van der Waals surface area contributed by atoms with Gasteiger partial charge in [0.1, 0.15) is 17.6 Å². The van der Waals surface area contributed by atoms with Gasteiger partial charge >= 0.3 is 0 Å². The Hall–Kier alpha value is -2.81. The van der Waals surface area contributed by atoms with Crippen LogP contribution in [0.15, 0.2) is 35.2 Å². The molecule has 9 heteroatoms. The lowest BCUT2D eigenvalue weighted by Crippen LogP contribution is -2.15. The number of nitro benzene ring substituents is 1. The number of nitrogens with zero attached hydrogens (tertiary/aromatic N) is 1. The molecule has 0 saturated carbocycles. The van der Waals surface area contributed by atoms with E-state index >= 15 is 0 Å². The summed E-state index contributed by atoms with van der Waals surface area (Å²) >= 11 is 0. The third-order valence-corrected chi connectivity index (χ3v) is 5.72. The summed E-state index contributed by atoms with van der Waals surface area (Å²) in [6.07, 6.45) is 0.715. The number of hydrogen-bond donors (Lipinski definition) is 1. The normalized spacial score (nSPS) is 15.7. The van der Waals surface area contributed by atoms with Crippen LogP contribution >= 0.6 is 0 Å². The molecule has 0 amide bonds. The molecule has 1 N–H and O–H groups in total. The van der Waals surface area contributed by atoms with Gasteiger partial charge in [0.05, 0.1) is 22.1 Å². The molecule has 1 atom stereocenters. The maximum Gasteiger partial charge on any atom is 0.270 e. The summed E-state index contributed by atoms with van der Waals surface area (Å²) in [5.41, 5.74) is 1.28. The van der Waals surface area contributed by atoms with E-state index in [1.165, 1.54) is 12.1 Å². The van der Waals surface area contributed by atoms with Crippen LogP contribution in [0.3, 0.4) is 0 Å². The van der Waals surface area contributed by atoms with Crippen LogP contribution in [0.1, 0.15) is 25.0 Å². The third-order valence-electron chi connectivity index (χ3n) is 4.21. The summed E-state index contributed by atoms with van der Waals surface area (Å²) in [6.45, 7) is 5.67. The van der Waals surface area contributed by atoms with Gasteiger partial charge in [-0.2, -0.15) is 0 Å². The van der Waals surface area contributed by atoms with Gasteiger partial charge in [-0.15, -0.1) is 0 Å². The third kappa shape index (κ3) is 3.82. The average molecular weight is 392 g/mol. The first kappa shape index (κ1) is 19.0. The molecule has 0 bridgehead atoms. The smallest absolute Gasteiger partial charge is 0.270 e. The lowest BCUT2D eigenvalue weighted by atomic mass is 10.1. The van der Waals surface area contributed by atoms with Crippen molar-refractivity contribution in [2.24, 2.45) is 0 Å². The molecule has 3 rings (SSSR count). The van der Waals surface area contributed by atoms with Gasteiger partial charge < -0.3 is 9.47 Å². The molecule has 1 aliphatic heterocycles. The van der Waals surface area contributed by atoms with Crippen LogP contribution < -0.4 is 14.2 Å². The number of sulfonamides is 1. The second-order valence-electron chi connectivity index (χ2n) is 6.33. The van der Waals surface area contributed by atoms with Crippen molar-refractivity contribution in [1.29, 1.82) is 0 Å². The molecule has 2 aromatic rings. The molecule has 2 aromatic carbocycles. The molecule has 8 nitrogen and oxygen atoms in total. The number of benzene rings is 2. The molecule has 0 saturated heterocycles. The number of hydrogen-bond acceptors (Lipinski definition) is 6. The quantitative estimate of drug-likeness (QED) is 0.596. The second kappa shape index (κ2) is 7.07. The first-order valence-corrected chi connectivity index (χ1v) is 9.94. The van der Waals surface area contributed by atoms with Gasteiger partial charge in [-0.1, -0.05) is 6.07 Å². The van der Waals surface area contributed by atoms with E-state index in [-0.39, 0.29) is 22.4 Å². The molecule has 0 aliphatic carbocycles.